The summed E-state index contributed by atoms with van der Waals surface area (Å²) in [7, 11) is 0. The molecule has 1 aliphatic carbocycles. The van der Waals surface area contributed by atoms with Crippen LogP contribution in [0.15, 0.2) is 6.33 Å². The summed E-state index contributed by atoms with van der Waals surface area (Å²) in [6.45, 7) is 5.87. The largest absolute Gasteiger partial charge is 0.381 e. The van der Waals surface area contributed by atoms with Crippen LogP contribution >= 0.6 is 0 Å². The van der Waals surface area contributed by atoms with Crippen LogP contribution in [0.4, 0.5) is 0 Å². The number of amides is 1. The van der Waals surface area contributed by atoms with Crippen LogP contribution in [0.1, 0.15) is 52.4 Å². The van der Waals surface area contributed by atoms with E-state index in [2.05, 4.69) is 34.7 Å². The minimum atomic E-state index is -0.348. The molecule has 3 unspecified atom stereocenters. The molecule has 23 heavy (non-hydrogen) atoms. The molecule has 0 bridgehead atoms. The molecular weight excluding hydrogens is 294 g/mol. The van der Waals surface area contributed by atoms with Crippen molar-refractivity contribution >= 4 is 5.91 Å². The Kier molecular flexibility index (Phi) is 4.94. The molecule has 7 nitrogen and oxygen atoms in total. The van der Waals surface area contributed by atoms with Crippen LogP contribution in [0.3, 0.4) is 0 Å². The molecule has 128 valence electrons. The maximum absolute atomic E-state index is 12.6. The average Bonchev–Trinajstić information content (AvgIpc) is 3.07. The van der Waals surface area contributed by atoms with E-state index < -0.39 is 0 Å². The highest BCUT2D eigenvalue weighted by atomic mass is 16.5. The van der Waals surface area contributed by atoms with Crippen molar-refractivity contribution in [3.63, 3.8) is 0 Å². The third kappa shape index (κ3) is 3.71. The number of nitrogens with one attached hydrogen (secondary N) is 1. The molecule has 1 N–H and O–H groups in total. The Labute approximate surface area is 137 Å². The highest BCUT2D eigenvalue weighted by Gasteiger charge is 2.38. The van der Waals surface area contributed by atoms with Crippen LogP contribution in [0, 0.1) is 11.8 Å². The normalized spacial score (nSPS) is 30.8. The van der Waals surface area contributed by atoms with Gasteiger partial charge in [-0.1, -0.05) is 13.8 Å². The number of aromatic nitrogens is 4. The fourth-order valence-corrected chi connectivity index (χ4v) is 3.87. The van der Waals surface area contributed by atoms with E-state index >= 15 is 0 Å². The Bertz CT molecular complexity index is 513. The van der Waals surface area contributed by atoms with Crippen molar-refractivity contribution in [1.29, 1.82) is 0 Å². The van der Waals surface area contributed by atoms with Gasteiger partial charge in [0.2, 0.25) is 5.91 Å². The molecule has 1 amide bonds. The van der Waals surface area contributed by atoms with Gasteiger partial charge in [-0.25, -0.2) is 4.68 Å². The minimum Gasteiger partial charge on any atom is -0.381 e. The van der Waals surface area contributed by atoms with Crippen molar-refractivity contribution in [1.82, 2.24) is 25.5 Å². The van der Waals surface area contributed by atoms with E-state index in [9.17, 15) is 4.79 Å². The highest BCUT2D eigenvalue weighted by Crippen LogP contribution is 2.33. The van der Waals surface area contributed by atoms with Crippen LogP contribution in [0.5, 0.6) is 0 Å². The van der Waals surface area contributed by atoms with Gasteiger partial charge in [0, 0.05) is 19.3 Å². The topological polar surface area (TPSA) is 81.9 Å². The highest BCUT2D eigenvalue weighted by molar-refractivity contribution is 5.77. The van der Waals surface area contributed by atoms with Gasteiger partial charge in [-0.05, 0) is 54.4 Å². The summed E-state index contributed by atoms with van der Waals surface area (Å²) in [5.74, 6) is 1.53. The molecule has 3 atom stereocenters. The van der Waals surface area contributed by atoms with Crippen molar-refractivity contribution in [3.05, 3.63) is 6.33 Å². The standard InChI is InChI=1S/C16H27N5O2/c1-12-3-4-14(9-13(12)2)18-15(22)10-16(5-7-23-8-6-16)21-11-17-19-20-21/h11-14H,3-10H2,1-2H3,(H,18,22). The fraction of sp³-hybridized carbons (Fsp3) is 0.875. The number of nitrogens with zero attached hydrogens (tertiary/aromatic N) is 4. The van der Waals surface area contributed by atoms with Gasteiger partial charge in [0.05, 0.1) is 12.0 Å². The average molecular weight is 321 g/mol. The van der Waals surface area contributed by atoms with E-state index in [1.54, 1.807) is 11.0 Å². The van der Waals surface area contributed by atoms with E-state index in [1.165, 1.54) is 6.42 Å². The predicted octanol–water partition coefficient (Wildman–Crippen LogP) is 1.51. The Morgan fingerprint density at radius 3 is 2.74 bits per heavy atom. The van der Waals surface area contributed by atoms with Gasteiger partial charge in [0.1, 0.15) is 6.33 Å². The van der Waals surface area contributed by atoms with E-state index in [-0.39, 0.29) is 11.4 Å². The summed E-state index contributed by atoms with van der Waals surface area (Å²) in [5.41, 5.74) is -0.348. The molecule has 2 fully saturated rings. The number of ether oxygens (including phenoxy) is 1. The first-order valence-corrected chi connectivity index (χ1v) is 8.70. The van der Waals surface area contributed by atoms with Gasteiger partial charge in [-0.3, -0.25) is 4.79 Å². The van der Waals surface area contributed by atoms with Crippen molar-refractivity contribution in [2.24, 2.45) is 11.8 Å². The summed E-state index contributed by atoms with van der Waals surface area (Å²) < 4.78 is 7.22. The van der Waals surface area contributed by atoms with Gasteiger partial charge < -0.3 is 10.1 Å². The molecule has 1 saturated heterocycles. The maximum Gasteiger partial charge on any atom is 0.222 e. The zero-order chi connectivity index (χ0) is 16.3. The molecule has 1 aromatic heterocycles. The number of rotatable bonds is 4. The first kappa shape index (κ1) is 16.4. The number of tetrazole rings is 1. The molecule has 1 aromatic rings. The lowest BCUT2D eigenvalue weighted by molar-refractivity contribution is -0.126. The third-order valence-corrected chi connectivity index (χ3v) is 5.71. The van der Waals surface area contributed by atoms with Gasteiger partial charge in [0.15, 0.2) is 0 Å². The molecule has 0 radical (unpaired) electrons. The van der Waals surface area contributed by atoms with Gasteiger partial charge in [-0.2, -0.15) is 0 Å². The molecule has 1 saturated carbocycles. The molecule has 1 aliphatic heterocycles. The minimum absolute atomic E-state index is 0.106. The van der Waals surface area contributed by atoms with Crippen molar-refractivity contribution in [2.75, 3.05) is 13.2 Å². The molecule has 2 heterocycles. The lowest BCUT2D eigenvalue weighted by Gasteiger charge is -2.37. The first-order valence-electron chi connectivity index (χ1n) is 8.70. The van der Waals surface area contributed by atoms with E-state index in [1.807, 2.05) is 0 Å². The van der Waals surface area contributed by atoms with Gasteiger partial charge in [-0.15, -0.1) is 5.10 Å². The fourth-order valence-electron chi connectivity index (χ4n) is 3.87. The van der Waals surface area contributed by atoms with Crippen molar-refractivity contribution < 1.29 is 9.53 Å². The molecule has 0 spiro atoms. The molecule has 3 rings (SSSR count). The zero-order valence-corrected chi connectivity index (χ0v) is 14.1. The third-order valence-electron chi connectivity index (χ3n) is 5.71. The van der Waals surface area contributed by atoms with E-state index in [0.717, 1.165) is 31.6 Å². The number of hydrogen-bond acceptors (Lipinski definition) is 5. The van der Waals surface area contributed by atoms with Crippen LogP contribution < -0.4 is 5.32 Å². The predicted molar refractivity (Wildman–Crippen MR) is 84.6 cm³/mol. The SMILES string of the molecule is CC1CCC(NC(=O)CC2(n3cnnn3)CCOCC2)CC1C. The summed E-state index contributed by atoms with van der Waals surface area (Å²) in [4.78, 5) is 12.6. The second-order valence-corrected chi connectivity index (χ2v) is 7.30. The lowest BCUT2D eigenvalue weighted by Crippen LogP contribution is -2.47. The molecule has 7 heteroatoms. The van der Waals surface area contributed by atoms with Gasteiger partial charge >= 0.3 is 0 Å². The van der Waals surface area contributed by atoms with E-state index in [0.29, 0.717) is 31.6 Å². The number of hydrogen-bond donors (Lipinski definition) is 1. The summed E-state index contributed by atoms with van der Waals surface area (Å²) >= 11 is 0. The number of carbonyl (C=O) groups excluding carboxylic acids is 1. The molecular formula is C16H27N5O2. The molecule has 2 aliphatic rings. The molecule has 0 aromatic carbocycles. The van der Waals surface area contributed by atoms with Crippen LogP contribution in [0.2, 0.25) is 0 Å². The monoisotopic (exact) mass is 321 g/mol. The smallest absolute Gasteiger partial charge is 0.222 e. The Morgan fingerprint density at radius 2 is 2.09 bits per heavy atom. The second kappa shape index (κ2) is 6.95. The van der Waals surface area contributed by atoms with Crippen LogP contribution in [0.25, 0.3) is 0 Å². The zero-order valence-electron chi connectivity index (χ0n) is 14.1. The van der Waals surface area contributed by atoms with Crippen LogP contribution in [-0.4, -0.2) is 45.4 Å². The summed E-state index contributed by atoms with van der Waals surface area (Å²) in [6.07, 6.45) is 6.92. The van der Waals surface area contributed by atoms with Crippen LogP contribution in [-0.2, 0) is 15.1 Å². The van der Waals surface area contributed by atoms with E-state index in [4.69, 9.17) is 4.74 Å². The summed E-state index contributed by atoms with van der Waals surface area (Å²) in [5, 5.41) is 14.8. The van der Waals surface area contributed by atoms with Gasteiger partial charge in [0.25, 0.3) is 0 Å². The van der Waals surface area contributed by atoms with Crippen molar-refractivity contribution in [3.8, 4) is 0 Å². The Balaban J connectivity index is 1.63. The lowest BCUT2D eigenvalue weighted by atomic mass is 9.79. The second-order valence-electron chi connectivity index (χ2n) is 7.30. The van der Waals surface area contributed by atoms with Crippen molar-refractivity contribution in [2.45, 2.75) is 64.0 Å². The maximum atomic E-state index is 12.6. The quantitative estimate of drug-likeness (QED) is 0.909. The number of carbonyl (C=O) groups is 1. The Morgan fingerprint density at radius 1 is 1.30 bits per heavy atom. The first-order chi connectivity index (χ1) is 11.1. The summed E-state index contributed by atoms with van der Waals surface area (Å²) in [6, 6.07) is 0.305. The Hall–Kier alpha value is -1.50.